The number of carbonyl (C=O) groups excluding carboxylic acids is 1. The molecule has 1 N–H and O–H groups in total. The van der Waals surface area contributed by atoms with E-state index in [9.17, 15) is 9.59 Å². The van der Waals surface area contributed by atoms with Gasteiger partial charge in [-0.25, -0.2) is 4.79 Å². The molecule has 106 valence electrons. The third kappa shape index (κ3) is 2.36. The van der Waals surface area contributed by atoms with Gasteiger partial charge in [0.25, 0.3) is 0 Å². The van der Waals surface area contributed by atoms with Gasteiger partial charge < -0.3 is 14.7 Å². The van der Waals surface area contributed by atoms with Crippen LogP contribution in [0, 0.1) is 17.8 Å². The van der Waals surface area contributed by atoms with Crippen LogP contribution in [0.1, 0.15) is 32.6 Å². The van der Waals surface area contributed by atoms with Crippen LogP contribution in [-0.2, 0) is 14.3 Å². The van der Waals surface area contributed by atoms with Crippen LogP contribution in [-0.4, -0.2) is 47.2 Å². The molecule has 3 fully saturated rings. The maximum Gasteiger partial charge on any atom is 0.329 e. The monoisotopic (exact) mass is 267 g/mol. The zero-order chi connectivity index (χ0) is 13.6. The molecule has 5 nitrogen and oxygen atoms in total. The summed E-state index contributed by atoms with van der Waals surface area (Å²) in [5, 5.41) is 8.60. The summed E-state index contributed by atoms with van der Waals surface area (Å²) < 4.78 is 5.33. The van der Waals surface area contributed by atoms with Crippen molar-refractivity contribution in [3.8, 4) is 0 Å². The number of carbonyl (C=O) groups is 2. The molecule has 0 aromatic rings. The summed E-state index contributed by atoms with van der Waals surface area (Å²) in [6.45, 7) is 2.66. The van der Waals surface area contributed by atoms with Crippen molar-refractivity contribution in [1.82, 2.24) is 4.90 Å². The Balaban J connectivity index is 1.48. The third-order valence-corrected chi connectivity index (χ3v) is 4.85. The normalized spacial score (nSPS) is 35.2. The molecule has 2 saturated carbocycles. The second kappa shape index (κ2) is 4.47. The van der Waals surface area contributed by atoms with E-state index in [1.165, 1.54) is 25.7 Å². The molecule has 0 aromatic carbocycles. The topological polar surface area (TPSA) is 66.8 Å². The number of likely N-dealkylation sites (tertiary alicyclic amines) is 1. The fourth-order valence-corrected chi connectivity index (χ4v) is 3.81. The second-order valence-corrected chi connectivity index (χ2v) is 6.46. The van der Waals surface area contributed by atoms with Crippen molar-refractivity contribution in [1.29, 1.82) is 0 Å². The highest BCUT2D eigenvalue weighted by molar-refractivity contribution is 5.83. The first-order chi connectivity index (χ1) is 9.00. The van der Waals surface area contributed by atoms with Crippen molar-refractivity contribution in [3.63, 3.8) is 0 Å². The van der Waals surface area contributed by atoms with Crippen LogP contribution in [0.2, 0.25) is 0 Å². The van der Waals surface area contributed by atoms with E-state index in [0.717, 1.165) is 0 Å². The van der Waals surface area contributed by atoms with E-state index in [0.29, 0.717) is 24.9 Å². The van der Waals surface area contributed by atoms with Gasteiger partial charge in [0.1, 0.15) is 12.2 Å². The first kappa shape index (κ1) is 12.9. The Bertz CT molecular complexity index is 390. The largest absolute Gasteiger partial charge is 0.480 e. The van der Waals surface area contributed by atoms with Gasteiger partial charge in [-0.15, -0.1) is 0 Å². The number of rotatable bonds is 4. The first-order valence-electron chi connectivity index (χ1n) is 7.15. The molecule has 3 rings (SSSR count). The quantitative estimate of drug-likeness (QED) is 0.829. The Labute approximate surface area is 112 Å². The average molecular weight is 267 g/mol. The van der Waals surface area contributed by atoms with Crippen molar-refractivity contribution in [2.45, 2.75) is 38.2 Å². The van der Waals surface area contributed by atoms with E-state index in [1.54, 1.807) is 0 Å². The molecule has 2 atom stereocenters. The average Bonchev–Trinajstić information content (AvgIpc) is 3.06. The molecule has 5 heteroatoms. The van der Waals surface area contributed by atoms with E-state index in [4.69, 9.17) is 9.84 Å². The summed E-state index contributed by atoms with van der Waals surface area (Å²) in [5.41, 5.74) is -0.464. The van der Waals surface area contributed by atoms with Crippen molar-refractivity contribution < 1.29 is 19.4 Å². The van der Waals surface area contributed by atoms with Gasteiger partial charge in [0.15, 0.2) is 0 Å². The maximum absolute atomic E-state index is 12.3. The molecule has 1 heterocycles. The highest BCUT2D eigenvalue weighted by Crippen LogP contribution is 2.56. The van der Waals surface area contributed by atoms with Crippen LogP contribution in [0.15, 0.2) is 0 Å². The zero-order valence-electron chi connectivity index (χ0n) is 11.3. The third-order valence-electron chi connectivity index (χ3n) is 4.85. The Kier molecular flexibility index (Phi) is 3.04. The Morgan fingerprint density at radius 3 is 2.37 bits per heavy atom. The fraction of sp³-hybridized carbons (Fsp3) is 0.857. The van der Waals surface area contributed by atoms with Gasteiger partial charge in [-0.2, -0.15) is 0 Å². The SMILES string of the molecule is CC1(OCC(=O)O)CN(C(=O)C2C3CCCCC32)C1. The van der Waals surface area contributed by atoms with E-state index >= 15 is 0 Å². The minimum absolute atomic E-state index is 0.256. The lowest BCUT2D eigenvalue weighted by molar-refractivity contribution is -0.174. The predicted molar refractivity (Wildman–Crippen MR) is 67.5 cm³/mol. The lowest BCUT2D eigenvalue weighted by Gasteiger charge is -2.47. The molecule has 2 unspecified atom stereocenters. The van der Waals surface area contributed by atoms with Gasteiger partial charge in [0.05, 0.1) is 13.1 Å². The van der Waals surface area contributed by atoms with Gasteiger partial charge in [-0.1, -0.05) is 12.8 Å². The number of carboxylic acids is 1. The number of fused-ring (bicyclic) bond motifs is 1. The molecule has 1 amide bonds. The summed E-state index contributed by atoms with van der Waals surface area (Å²) >= 11 is 0. The molecule has 3 aliphatic rings. The first-order valence-corrected chi connectivity index (χ1v) is 7.15. The molecule has 2 aliphatic carbocycles. The van der Waals surface area contributed by atoms with E-state index in [1.807, 2.05) is 11.8 Å². The van der Waals surface area contributed by atoms with Gasteiger partial charge in [0, 0.05) is 5.92 Å². The molecule has 1 saturated heterocycles. The van der Waals surface area contributed by atoms with Crippen molar-refractivity contribution in [2.75, 3.05) is 19.7 Å². The Morgan fingerprint density at radius 2 is 1.84 bits per heavy atom. The molecule has 19 heavy (non-hydrogen) atoms. The summed E-state index contributed by atoms with van der Waals surface area (Å²) in [6, 6.07) is 0. The number of carboxylic acid groups (broad SMARTS) is 1. The van der Waals surface area contributed by atoms with Crippen LogP contribution in [0.5, 0.6) is 0 Å². The molecule has 0 bridgehead atoms. The molecule has 0 spiro atoms. The minimum Gasteiger partial charge on any atom is -0.480 e. The van der Waals surface area contributed by atoms with Crippen molar-refractivity contribution in [2.24, 2.45) is 17.8 Å². The zero-order valence-corrected chi connectivity index (χ0v) is 11.3. The van der Waals surface area contributed by atoms with Gasteiger partial charge >= 0.3 is 5.97 Å². The van der Waals surface area contributed by atoms with Crippen molar-refractivity contribution >= 4 is 11.9 Å². The predicted octanol–water partition coefficient (Wildman–Crippen LogP) is 1.12. The number of hydrogen-bond acceptors (Lipinski definition) is 3. The van der Waals surface area contributed by atoms with E-state index in [2.05, 4.69) is 0 Å². The number of hydrogen-bond donors (Lipinski definition) is 1. The van der Waals surface area contributed by atoms with Crippen LogP contribution in [0.3, 0.4) is 0 Å². The highest BCUT2D eigenvalue weighted by atomic mass is 16.5. The van der Waals surface area contributed by atoms with Crippen LogP contribution < -0.4 is 0 Å². The standard InChI is InChI=1S/C14H21NO4/c1-14(19-6-11(16)17)7-15(8-14)13(18)12-9-4-2-3-5-10(9)12/h9-10,12H,2-8H2,1H3,(H,16,17). The van der Waals surface area contributed by atoms with Crippen LogP contribution >= 0.6 is 0 Å². The highest BCUT2D eigenvalue weighted by Gasteiger charge is 2.58. The van der Waals surface area contributed by atoms with Gasteiger partial charge in [0.2, 0.25) is 5.91 Å². The number of amides is 1. The summed E-state index contributed by atoms with van der Waals surface area (Å²) in [4.78, 5) is 24.7. The van der Waals surface area contributed by atoms with Gasteiger partial charge in [-0.05, 0) is 31.6 Å². The lowest BCUT2D eigenvalue weighted by Crippen LogP contribution is -2.63. The maximum atomic E-state index is 12.3. The molecular formula is C14H21NO4. The Hall–Kier alpha value is -1.10. The van der Waals surface area contributed by atoms with Crippen molar-refractivity contribution in [3.05, 3.63) is 0 Å². The van der Waals surface area contributed by atoms with Gasteiger partial charge in [-0.3, -0.25) is 4.79 Å². The number of nitrogens with zero attached hydrogens (tertiary/aromatic N) is 1. The van der Waals surface area contributed by atoms with Crippen LogP contribution in [0.4, 0.5) is 0 Å². The molecule has 0 radical (unpaired) electrons. The van der Waals surface area contributed by atoms with E-state index < -0.39 is 11.6 Å². The second-order valence-electron chi connectivity index (χ2n) is 6.46. The molecular weight excluding hydrogens is 246 g/mol. The lowest BCUT2D eigenvalue weighted by atomic mass is 9.95. The Morgan fingerprint density at radius 1 is 1.26 bits per heavy atom. The summed E-state index contributed by atoms with van der Waals surface area (Å²) in [7, 11) is 0. The summed E-state index contributed by atoms with van der Waals surface area (Å²) in [5.74, 6) is 0.833. The van der Waals surface area contributed by atoms with E-state index in [-0.39, 0.29) is 18.4 Å². The smallest absolute Gasteiger partial charge is 0.329 e. The fourth-order valence-electron chi connectivity index (χ4n) is 3.81. The number of ether oxygens (including phenoxy) is 1. The number of aliphatic carboxylic acids is 1. The van der Waals surface area contributed by atoms with Crippen LogP contribution in [0.25, 0.3) is 0 Å². The summed E-state index contributed by atoms with van der Waals surface area (Å²) in [6.07, 6.45) is 4.96. The molecule has 1 aliphatic heterocycles. The molecule has 0 aromatic heterocycles. The minimum atomic E-state index is -0.959.